The first-order valence-electron chi connectivity index (χ1n) is 6.45. The molecule has 5 nitrogen and oxygen atoms in total. The van der Waals surface area contributed by atoms with Gasteiger partial charge in [-0.15, -0.1) is 0 Å². The third-order valence-electron chi connectivity index (χ3n) is 3.22. The maximum Gasteiger partial charge on any atom is 0.243 e. The number of ether oxygens (including phenoxy) is 1. The molecule has 1 aliphatic rings. The van der Waals surface area contributed by atoms with Crippen molar-refractivity contribution in [3.8, 4) is 5.75 Å². The molecule has 0 saturated carbocycles. The summed E-state index contributed by atoms with van der Waals surface area (Å²) in [6.45, 7) is 3.43. The lowest BCUT2D eigenvalue weighted by atomic mass is 10.1. The minimum Gasteiger partial charge on any atom is -0.508 e. The van der Waals surface area contributed by atoms with Gasteiger partial charge in [0.25, 0.3) is 0 Å². The summed E-state index contributed by atoms with van der Waals surface area (Å²) < 4.78 is 31.9. The van der Waals surface area contributed by atoms with E-state index in [9.17, 15) is 13.5 Å². The molecule has 6 heteroatoms. The van der Waals surface area contributed by atoms with Crippen LogP contribution < -0.4 is 0 Å². The van der Waals surface area contributed by atoms with Gasteiger partial charge in [-0.1, -0.05) is 0 Å². The highest BCUT2D eigenvalue weighted by molar-refractivity contribution is 7.89. The zero-order chi connectivity index (χ0) is 13.9. The number of phenolic OH excluding ortho intramolecular Hbond substituents is 1. The van der Waals surface area contributed by atoms with E-state index in [4.69, 9.17) is 4.74 Å². The molecule has 19 heavy (non-hydrogen) atoms. The van der Waals surface area contributed by atoms with E-state index in [2.05, 4.69) is 0 Å². The van der Waals surface area contributed by atoms with E-state index >= 15 is 0 Å². The molecule has 0 spiro atoms. The van der Waals surface area contributed by atoms with Crippen LogP contribution in [0.3, 0.4) is 0 Å². The second kappa shape index (κ2) is 5.90. The predicted octanol–water partition coefficient (Wildman–Crippen LogP) is 1.58. The van der Waals surface area contributed by atoms with Crippen molar-refractivity contribution in [1.82, 2.24) is 4.31 Å². The molecule has 0 aliphatic carbocycles. The molecule has 106 valence electrons. The number of rotatable bonds is 4. The molecule has 1 aromatic rings. The highest BCUT2D eigenvalue weighted by Crippen LogP contribution is 2.23. The molecule has 1 saturated heterocycles. The van der Waals surface area contributed by atoms with Crippen LogP contribution in [0.4, 0.5) is 0 Å². The number of nitrogens with zero attached hydrogens (tertiary/aromatic N) is 1. The molecule has 0 amide bonds. The standard InChI is InChI=1S/C13H19NO4S/c1-2-18-12-4-3-9-14(10-12)19(16,17)13-7-5-11(15)6-8-13/h5-8,12,15H,2-4,9-10H2,1H3. The van der Waals surface area contributed by atoms with Crippen LogP contribution in [0.2, 0.25) is 0 Å². The number of aromatic hydroxyl groups is 1. The van der Waals surface area contributed by atoms with Crippen LogP contribution >= 0.6 is 0 Å². The van der Waals surface area contributed by atoms with E-state index in [1.54, 1.807) is 0 Å². The summed E-state index contributed by atoms with van der Waals surface area (Å²) in [5.74, 6) is 0.0600. The second-order valence-corrected chi connectivity index (χ2v) is 6.51. The Balaban J connectivity index is 2.17. The van der Waals surface area contributed by atoms with Gasteiger partial charge < -0.3 is 9.84 Å². The van der Waals surface area contributed by atoms with Gasteiger partial charge in [0.05, 0.1) is 11.0 Å². The van der Waals surface area contributed by atoms with Crippen molar-refractivity contribution in [2.75, 3.05) is 19.7 Å². The zero-order valence-corrected chi connectivity index (χ0v) is 11.8. The first-order chi connectivity index (χ1) is 9.04. The fraction of sp³-hybridized carbons (Fsp3) is 0.538. The molecule has 1 N–H and O–H groups in total. The topological polar surface area (TPSA) is 66.8 Å². The van der Waals surface area contributed by atoms with E-state index in [0.717, 1.165) is 12.8 Å². The number of piperidine rings is 1. The van der Waals surface area contributed by atoms with Crippen LogP contribution in [0.25, 0.3) is 0 Å². The third-order valence-corrected chi connectivity index (χ3v) is 5.10. The van der Waals surface area contributed by atoms with Crippen LogP contribution in [0.15, 0.2) is 29.2 Å². The van der Waals surface area contributed by atoms with Gasteiger partial charge in [0.2, 0.25) is 10.0 Å². The van der Waals surface area contributed by atoms with Crippen LogP contribution in [0.1, 0.15) is 19.8 Å². The minimum atomic E-state index is -3.49. The Morgan fingerprint density at radius 1 is 1.37 bits per heavy atom. The summed E-state index contributed by atoms with van der Waals surface area (Å²) >= 11 is 0. The molecule has 1 aromatic carbocycles. The maximum atomic E-state index is 12.4. The molecule has 2 rings (SSSR count). The number of benzene rings is 1. The van der Waals surface area contributed by atoms with Gasteiger partial charge in [0.15, 0.2) is 0 Å². The zero-order valence-electron chi connectivity index (χ0n) is 10.9. The average Bonchev–Trinajstić information content (AvgIpc) is 2.40. The summed E-state index contributed by atoms with van der Waals surface area (Å²) in [7, 11) is -3.49. The number of hydrogen-bond donors (Lipinski definition) is 1. The van der Waals surface area contributed by atoms with Gasteiger partial charge in [-0.25, -0.2) is 8.42 Å². The van der Waals surface area contributed by atoms with Crippen molar-refractivity contribution in [2.24, 2.45) is 0 Å². The first kappa shape index (κ1) is 14.3. The number of hydrogen-bond acceptors (Lipinski definition) is 4. The van der Waals surface area contributed by atoms with E-state index in [1.807, 2.05) is 6.92 Å². The lowest BCUT2D eigenvalue weighted by Gasteiger charge is -2.31. The van der Waals surface area contributed by atoms with Crippen molar-refractivity contribution in [1.29, 1.82) is 0 Å². The Labute approximate surface area is 113 Å². The van der Waals surface area contributed by atoms with E-state index in [1.165, 1.54) is 28.6 Å². The molecular formula is C13H19NO4S. The average molecular weight is 285 g/mol. The summed E-state index contributed by atoms with van der Waals surface area (Å²) in [5, 5.41) is 9.22. The Kier molecular flexibility index (Phi) is 4.44. The third kappa shape index (κ3) is 3.26. The highest BCUT2D eigenvalue weighted by atomic mass is 32.2. The van der Waals surface area contributed by atoms with Crippen LogP contribution in [-0.4, -0.2) is 43.6 Å². The highest BCUT2D eigenvalue weighted by Gasteiger charge is 2.30. The lowest BCUT2D eigenvalue weighted by molar-refractivity contribution is 0.0265. The Morgan fingerprint density at radius 3 is 2.68 bits per heavy atom. The van der Waals surface area contributed by atoms with Gasteiger partial charge in [0, 0.05) is 19.7 Å². The van der Waals surface area contributed by atoms with Crippen molar-refractivity contribution >= 4 is 10.0 Å². The largest absolute Gasteiger partial charge is 0.508 e. The molecule has 1 unspecified atom stereocenters. The monoisotopic (exact) mass is 285 g/mol. The fourth-order valence-corrected chi connectivity index (χ4v) is 3.77. The van der Waals surface area contributed by atoms with E-state index < -0.39 is 10.0 Å². The molecular weight excluding hydrogens is 266 g/mol. The SMILES string of the molecule is CCOC1CCCN(S(=O)(=O)c2ccc(O)cc2)C1. The minimum absolute atomic E-state index is 0.0226. The normalized spacial score (nSPS) is 21.4. The van der Waals surface area contributed by atoms with Crippen molar-refractivity contribution in [3.05, 3.63) is 24.3 Å². The first-order valence-corrected chi connectivity index (χ1v) is 7.89. The number of sulfonamides is 1. The molecule has 0 bridgehead atoms. The number of phenols is 1. The van der Waals surface area contributed by atoms with E-state index in [-0.39, 0.29) is 16.7 Å². The lowest BCUT2D eigenvalue weighted by Crippen LogP contribution is -2.43. The predicted molar refractivity (Wildman–Crippen MR) is 71.5 cm³/mol. The van der Waals surface area contributed by atoms with Gasteiger partial charge in [-0.05, 0) is 44.0 Å². The molecule has 1 atom stereocenters. The van der Waals surface area contributed by atoms with Gasteiger partial charge >= 0.3 is 0 Å². The van der Waals surface area contributed by atoms with Crippen LogP contribution in [0.5, 0.6) is 5.75 Å². The van der Waals surface area contributed by atoms with Crippen molar-refractivity contribution in [3.63, 3.8) is 0 Å². The van der Waals surface area contributed by atoms with Gasteiger partial charge in [-0.3, -0.25) is 0 Å². The van der Waals surface area contributed by atoms with Crippen molar-refractivity contribution in [2.45, 2.75) is 30.8 Å². The van der Waals surface area contributed by atoms with Crippen molar-refractivity contribution < 1.29 is 18.3 Å². The fourth-order valence-electron chi connectivity index (χ4n) is 2.26. The smallest absolute Gasteiger partial charge is 0.243 e. The van der Waals surface area contributed by atoms with Gasteiger partial charge in [0.1, 0.15) is 5.75 Å². The quantitative estimate of drug-likeness (QED) is 0.912. The maximum absolute atomic E-state index is 12.4. The second-order valence-electron chi connectivity index (χ2n) is 4.58. The van der Waals surface area contributed by atoms with Crippen LogP contribution in [0, 0.1) is 0 Å². The molecule has 1 aliphatic heterocycles. The molecule has 0 aromatic heterocycles. The summed E-state index contributed by atoms with van der Waals surface area (Å²) in [5.41, 5.74) is 0. The Morgan fingerprint density at radius 2 is 2.05 bits per heavy atom. The van der Waals surface area contributed by atoms with E-state index in [0.29, 0.717) is 19.7 Å². The van der Waals surface area contributed by atoms with Crippen LogP contribution in [-0.2, 0) is 14.8 Å². The molecule has 0 radical (unpaired) electrons. The van der Waals surface area contributed by atoms with Gasteiger partial charge in [-0.2, -0.15) is 4.31 Å². The molecule has 1 fully saturated rings. The summed E-state index contributed by atoms with van der Waals surface area (Å²) in [6.07, 6.45) is 1.68. The summed E-state index contributed by atoms with van der Waals surface area (Å²) in [4.78, 5) is 0.211. The summed E-state index contributed by atoms with van der Waals surface area (Å²) in [6, 6.07) is 5.62. The Bertz CT molecular complexity index is 510. The Hall–Kier alpha value is -1.11. The molecule has 1 heterocycles.